The van der Waals surface area contributed by atoms with Crippen LogP contribution >= 0.6 is 0 Å². The molecular weight excluding hydrogens is 304 g/mol. The molecule has 3 rings (SSSR count). The fourth-order valence-electron chi connectivity index (χ4n) is 3.89. The van der Waals surface area contributed by atoms with Gasteiger partial charge in [-0.05, 0) is 50.2 Å². The average molecular weight is 332 g/mol. The second-order valence-electron chi connectivity index (χ2n) is 6.94. The summed E-state index contributed by atoms with van der Waals surface area (Å²) in [6.45, 7) is 5.19. The molecule has 0 aromatic carbocycles. The fraction of sp³-hybridized carbons (Fsp3) is 0.684. The van der Waals surface area contributed by atoms with Crippen molar-refractivity contribution >= 4 is 5.91 Å². The first-order valence-corrected chi connectivity index (χ1v) is 9.15. The molecule has 3 heterocycles. The van der Waals surface area contributed by atoms with Crippen molar-refractivity contribution in [3.05, 3.63) is 24.5 Å². The van der Waals surface area contributed by atoms with Gasteiger partial charge in [-0.25, -0.2) is 0 Å². The second-order valence-corrected chi connectivity index (χ2v) is 6.94. The molecule has 132 valence electrons. The molecule has 1 atom stereocenters. The van der Waals surface area contributed by atoms with Crippen molar-refractivity contribution in [1.29, 1.82) is 0 Å². The van der Waals surface area contributed by atoms with E-state index in [2.05, 4.69) is 4.98 Å². The Hall–Kier alpha value is -1.62. The van der Waals surface area contributed by atoms with Crippen molar-refractivity contribution < 1.29 is 14.3 Å². The number of rotatable bonds is 5. The first kappa shape index (κ1) is 17.2. The third-order valence-corrected chi connectivity index (χ3v) is 5.37. The van der Waals surface area contributed by atoms with Crippen LogP contribution in [-0.2, 0) is 9.53 Å². The van der Waals surface area contributed by atoms with Crippen molar-refractivity contribution in [1.82, 2.24) is 9.88 Å². The maximum absolute atomic E-state index is 11.8. The lowest BCUT2D eigenvalue weighted by molar-refractivity contribution is -0.147. The minimum absolute atomic E-state index is 0.00982. The zero-order valence-electron chi connectivity index (χ0n) is 14.6. The molecule has 1 amide bonds. The highest BCUT2D eigenvalue weighted by atomic mass is 16.5. The molecule has 0 bridgehead atoms. The normalized spacial score (nSPS) is 23.2. The van der Waals surface area contributed by atoms with E-state index in [1.165, 1.54) is 0 Å². The quantitative estimate of drug-likeness (QED) is 0.831. The van der Waals surface area contributed by atoms with Gasteiger partial charge in [-0.3, -0.25) is 9.78 Å². The van der Waals surface area contributed by atoms with Crippen LogP contribution in [0.3, 0.4) is 0 Å². The van der Waals surface area contributed by atoms with Gasteiger partial charge in [0.25, 0.3) is 0 Å². The van der Waals surface area contributed by atoms with E-state index in [4.69, 9.17) is 9.47 Å². The van der Waals surface area contributed by atoms with Gasteiger partial charge in [-0.2, -0.15) is 0 Å². The van der Waals surface area contributed by atoms with Crippen molar-refractivity contribution in [2.75, 3.05) is 26.3 Å². The van der Waals surface area contributed by atoms with Crippen molar-refractivity contribution in [2.24, 2.45) is 5.92 Å². The lowest BCUT2D eigenvalue weighted by Gasteiger charge is -2.46. The number of amides is 1. The topological polar surface area (TPSA) is 51.7 Å². The van der Waals surface area contributed by atoms with Crippen LogP contribution in [-0.4, -0.2) is 47.7 Å². The van der Waals surface area contributed by atoms with Gasteiger partial charge in [-0.1, -0.05) is 6.92 Å². The van der Waals surface area contributed by atoms with Crippen molar-refractivity contribution in [3.8, 4) is 5.75 Å². The van der Waals surface area contributed by atoms with E-state index >= 15 is 0 Å². The number of likely N-dealkylation sites (tertiary alicyclic amines) is 1. The van der Waals surface area contributed by atoms with Gasteiger partial charge >= 0.3 is 0 Å². The van der Waals surface area contributed by atoms with Gasteiger partial charge in [0.2, 0.25) is 5.91 Å². The zero-order valence-corrected chi connectivity index (χ0v) is 14.6. The van der Waals surface area contributed by atoms with Crippen LogP contribution in [0.5, 0.6) is 5.75 Å². The average Bonchev–Trinajstić information content (AvgIpc) is 2.63. The summed E-state index contributed by atoms with van der Waals surface area (Å²) in [5.74, 6) is 1.80. The monoisotopic (exact) mass is 332 g/mol. The maximum atomic E-state index is 11.8. The Morgan fingerprint density at radius 3 is 2.83 bits per heavy atom. The predicted molar refractivity (Wildman–Crippen MR) is 91.9 cm³/mol. The van der Waals surface area contributed by atoms with E-state index in [1.807, 2.05) is 24.0 Å². The number of pyridine rings is 1. The molecule has 5 heteroatoms. The SMILES string of the molecule is CCC(=O)N1CCC2(CC1)CC(CCOc1ccncc1)CCO2. The third-order valence-electron chi connectivity index (χ3n) is 5.37. The molecule has 0 saturated carbocycles. The molecule has 0 aliphatic carbocycles. The number of carbonyl (C=O) groups excluding carboxylic acids is 1. The molecule has 2 aliphatic heterocycles. The molecule has 0 radical (unpaired) electrons. The number of nitrogens with zero attached hydrogens (tertiary/aromatic N) is 2. The lowest BCUT2D eigenvalue weighted by atomic mass is 9.78. The molecule has 1 aromatic rings. The number of aromatic nitrogens is 1. The van der Waals surface area contributed by atoms with Crippen molar-refractivity contribution in [2.45, 2.75) is 51.0 Å². The summed E-state index contributed by atoms with van der Waals surface area (Å²) in [5, 5.41) is 0. The van der Waals surface area contributed by atoms with Crippen LogP contribution in [0.1, 0.15) is 45.4 Å². The van der Waals surface area contributed by atoms with Gasteiger partial charge in [-0.15, -0.1) is 0 Å². The van der Waals surface area contributed by atoms with Gasteiger partial charge < -0.3 is 14.4 Å². The Labute approximate surface area is 144 Å². The Bertz CT molecular complexity index is 527. The smallest absolute Gasteiger partial charge is 0.222 e. The summed E-state index contributed by atoms with van der Waals surface area (Å²) in [4.78, 5) is 17.8. The Balaban J connectivity index is 1.45. The first-order chi connectivity index (χ1) is 11.7. The summed E-state index contributed by atoms with van der Waals surface area (Å²) < 4.78 is 12.0. The van der Waals surface area contributed by atoms with Gasteiger partial charge in [0, 0.05) is 38.5 Å². The number of ether oxygens (including phenoxy) is 2. The van der Waals surface area contributed by atoms with Crippen LogP contribution in [0, 0.1) is 5.92 Å². The summed E-state index contributed by atoms with van der Waals surface area (Å²) in [6.07, 6.45) is 9.32. The highest BCUT2D eigenvalue weighted by Crippen LogP contribution is 2.38. The van der Waals surface area contributed by atoms with E-state index in [1.54, 1.807) is 12.4 Å². The minimum atomic E-state index is -0.00982. The largest absolute Gasteiger partial charge is 0.493 e. The van der Waals surface area contributed by atoms with E-state index in [0.717, 1.165) is 64.2 Å². The summed E-state index contributed by atoms with van der Waals surface area (Å²) >= 11 is 0. The molecule has 2 fully saturated rings. The van der Waals surface area contributed by atoms with Gasteiger partial charge in [0.05, 0.1) is 12.2 Å². The highest BCUT2D eigenvalue weighted by Gasteiger charge is 2.40. The minimum Gasteiger partial charge on any atom is -0.493 e. The Morgan fingerprint density at radius 1 is 1.38 bits per heavy atom. The summed E-state index contributed by atoms with van der Waals surface area (Å²) in [5.41, 5.74) is -0.00982. The number of carbonyl (C=O) groups is 1. The van der Waals surface area contributed by atoms with E-state index < -0.39 is 0 Å². The summed E-state index contributed by atoms with van der Waals surface area (Å²) in [6, 6.07) is 3.79. The maximum Gasteiger partial charge on any atom is 0.222 e. The van der Waals surface area contributed by atoms with Crippen molar-refractivity contribution in [3.63, 3.8) is 0 Å². The van der Waals surface area contributed by atoms with E-state index in [9.17, 15) is 4.79 Å². The lowest BCUT2D eigenvalue weighted by Crippen LogP contribution is -2.50. The summed E-state index contributed by atoms with van der Waals surface area (Å²) in [7, 11) is 0. The van der Waals surface area contributed by atoms with Crippen LogP contribution in [0.4, 0.5) is 0 Å². The molecule has 1 spiro atoms. The van der Waals surface area contributed by atoms with Crippen LogP contribution < -0.4 is 4.74 Å². The number of hydrogen-bond acceptors (Lipinski definition) is 4. The second kappa shape index (κ2) is 7.97. The molecule has 2 saturated heterocycles. The zero-order chi connectivity index (χ0) is 16.8. The Morgan fingerprint density at radius 2 is 2.12 bits per heavy atom. The Kier molecular flexibility index (Phi) is 5.72. The highest BCUT2D eigenvalue weighted by molar-refractivity contribution is 5.75. The number of piperidine rings is 1. The predicted octanol–water partition coefficient (Wildman–Crippen LogP) is 3.05. The van der Waals surface area contributed by atoms with E-state index in [0.29, 0.717) is 12.3 Å². The standard InChI is InChI=1S/C19H28N2O3/c1-2-18(22)21-11-7-19(8-12-21)15-16(6-14-24-19)5-13-23-17-3-9-20-10-4-17/h3-4,9-10,16H,2,5-8,11-15H2,1H3. The van der Waals surface area contributed by atoms with Crippen LogP contribution in [0.15, 0.2) is 24.5 Å². The molecule has 24 heavy (non-hydrogen) atoms. The van der Waals surface area contributed by atoms with E-state index in [-0.39, 0.29) is 11.5 Å². The van der Waals surface area contributed by atoms with Gasteiger partial charge in [0.15, 0.2) is 0 Å². The van der Waals surface area contributed by atoms with Crippen LogP contribution in [0.25, 0.3) is 0 Å². The molecule has 0 N–H and O–H groups in total. The third kappa shape index (κ3) is 4.26. The molecule has 2 aliphatic rings. The fourth-order valence-corrected chi connectivity index (χ4v) is 3.89. The van der Waals surface area contributed by atoms with Crippen LogP contribution in [0.2, 0.25) is 0 Å². The first-order valence-electron chi connectivity index (χ1n) is 9.15. The molecule has 5 nitrogen and oxygen atoms in total. The van der Waals surface area contributed by atoms with Gasteiger partial charge in [0.1, 0.15) is 5.75 Å². The molecule has 1 aromatic heterocycles. The molecule has 1 unspecified atom stereocenters. The molecular formula is C19H28N2O3. The number of hydrogen-bond donors (Lipinski definition) is 0.